The number of aromatic nitrogens is 1. The fraction of sp³-hybridized carbons (Fsp3) is 0.333. The maximum atomic E-state index is 12.6. The third-order valence-electron chi connectivity index (χ3n) is 4.20. The van der Waals surface area contributed by atoms with Gasteiger partial charge in [0, 0.05) is 32.5 Å². The zero-order valence-corrected chi connectivity index (χ0v) is 13.6. The average Bonchev–Trinajstić information content (AvgIpc) is 3.05. The van der Waals surface area contributed by atoms with Crippen LogP contribution in [0.3, 0.4) is 0 Å². The third-order valence-corrected chi connectivity index (χ3v) is 4.20. The molecule has 5 heteroatoms. The quantitative estimate of drug-likeness (QED) is 0.943. The summed E-state index contributed by atoms with van der Waals surface area (Å²) in [6, 6.07) is 12.1. The molecule has 0 radical (unpaired) electrons. The van der Waals surface area contributed by atoms with Crippen molar-refractivity contribution in [1.82, 2.24) is 9.88 Å². The molecule has 120 valence electrons. The molecule has 1 saturated heterocycles. The highest BCUT2D eigenvalue weighted by Gasteiger charge is 2.30. The number of rotatable bonds is 3. The van der Waals surface area contributed by atoms with Crippen LogP contribution in [0.15, 0.2) is 48.8 Å². The van der Waals surface area contributed by atoms with Crippen LogP contribution in [0.5, 0.6) is 0 Å². The summed E-state index contributed by atoms with van der Waals surface area (Å²) in [5, 5.41) is 2.94. The Morgan fingerprint density at radius 1 is 1.30 bits per heavy atom. The van der Waals surface area contributed by atoms with Crippen LogP contribution in [0.2, 0.25) is 0 Å². The summed E-state index contributed by atoms with van der Waals surface area (Å²) >= 11 is 0. The number of amides is 2. The molecule has 0 saturated carbocycles. The van der Waals surface area contributed by atoms with Gasteiger partial charge in [0.2, 0.25) is 0 Å². The molecule has 0 spiro atoms. The Bertz CT molecular complexity index is 672. The fourth-order valence-electron chi connectivity index (χ4n) is 3.00. The molecule has 3 rings (SSSR count). The van der Waals surface area contributed by atoms with E-state index in [2.05, 4.69) is 39.5 Å². The van der Waals surface area contributed by atoms with E-state index in [1.54, 1.807) is 12.4 Å². The standard InChI is InChI=1S/C18H22N4O/c1-21(2)16-8-3-6-14(12-16)17-9-5-11-22(17)18(23)20-15-7-4-10-19-13-15/h3-4,6-8,10,12-13,17H,5,9,11H2,1-2H3,(H,20,23)/t17-/m1/s1. The van der Waals surface area contributed by atoms with Crippen LogP contribution >= 0.6 is 0 Å². The molecule has 0 unspecified atom stereocenters. The van der Waals surface area contributed by atoms with Crippen molar-refractivity contribution in [2.24, 2.45) is 0 Å². The van der Waals surface area contributed by atoms with E-state index in [4.69, 9.17) is 0 Å². The number of anilines is 2. The van der Waals surface area contributed by atoms with Crippen LogP contribution in [0.25, 0.3) is 0 Å². The highest BCUT2D eigenvalue weighted by atomic mass is 16.2. The van der Waals surface area contributed by atoms with E-state index in [0.717, 1.165) is 30.8 Å². The first-order chi connectivity index (χ1) is 11.1. The van der Waals surface area contributed by atoms with Crippen LogP contribution in [0.1, 0.15) is 24.4 Å². The van der Waals surface area contributed by atoms with Gasteiger partial charge in [-0.3, -0.25) is 4.98 Å². The number of pyridine rings is 1. The van der Waals surface area contributed by atoms with E-state index >= 15 is 0 Å². The lowest BCUT2D eigenvalue weighted by Gasteiger charge is -2.26. The van der Waals surface area contributed by atoms with Crippen LogP contribution in [-0.2, 0) is 0 Å². The predicted molar refractivity (Wildman–Crippen MR) is 92.7 cm³/mol. The smallest absolute Gasteiger partial charge is 0.322 e. The second-order valence-corrected chi connectivity index (χ2v) is 6.01. The lowest BCUT2D eigenvalue weighted by molar-refractivity contribution is 0.207. The van der Waals surface area contributed by atoms with Crippen molar-refractivity contribution < 1.29 is 4.79 Å². The van der Waals surface area contributed by atoms with Crippen LogP contribution in [0, 0.1) is 0 Å². The van der Waals surface area contributed by atoms with E-state index in [-0.39, 0.29) is 12.1 Å². The van der Waals surface area contributed by atoms with Gasteiger partial charge in [0.15, 0.2) is 0 Å². The van der Waals surface area contributed by atoms with Gasteiger partial charge in [-0.1, -0.05) is 12.1 Å². The number of benzene rings is 1. The summed E-state index contributed by atoms with van der Waals surface area (Å²) in [4.78, 5) is 20.6. The van der Waals surface area contributed by atoms with Gasteiger partial charge >= 0.3 is 6.03 Å². The average molecular weight is 310 g/mol. The molecule has 1 atom stereocenters. The number of likely N-dealkylation sites (tertiary alicyclic amines) is 1. The second-order valence-electron chi connectivity index (χ2n) is 6.01. The largest absolute Gasteiger partial charge is 0.378 e. The maximum absolute atomic E-state index is 12.6. The number of hydrogen-bond acceptors (Lipinski definition) is 3. The van der Waals surface area contributed by atoms with E-state index < -0.39 is 0 Å². The van der Waals surface area contributed by atoms with E-state index in [1.165, 1.54) is 5.56 Å². The Kier molecular flexibility index (Phi) is 4.46. The molecular formula is C18H22N4O. The highest BCUT2D eigenvalue weighted by Crippen LogP contribution is 2.33. The molecule has 1 aliphatic rings. The number of carbonyl (C=O) groups excluding carboxylic acids is 1. The Hall–Kier alpha value is -2.56. The van der Waals surface area contributed by atoms with Crippen molar-refractivity contribution >= 4 is 17.4 Å². The Morgan fingerprint density at radius 2 is 2.17 bits per heavy atom. The zero-order valence-electron chi connectivity index (χ0n) is 13.6. The minimum Gasteiger partial charge on any atom is -0.378 e. The summed E-state index contributed by atoms with van der Waals surface area (Å²) in [5.41, 5.74) is 3.07. The number of nitrogens with zero attached hydrogens (tertiary/aromatic N) is 3. The molecule has 1 aromatic carbocycles. The molecule has 2 aromatic rings. The van der Waals surface area contributed by atoms with Crippen molar-refractivity contribution in [3.8, 4) is 0 Å². The Morgan fingerprint density at radius 3 is 2.91 bits per heavy atom. The molecule has 2 heterocycles. The molecule has 2 amide bonds. The van der Waals surface area contributed by atoms with Crippen LogP contribution in [-0.4, -0.2) is 36.6 Å². The van der Waals surface area contributed by atoms with Gasteiger partial charge in [0.25, 0.3) is 0 Å². The van der Waals surface area contributed by atoms with Crippen molar-refractivity contribution in [3.63, 3.8) is 0 Å². The molecule has 1 N–H and O–H groups in total. The molecule has 23 heavy (non-hydrogen) atoms. The Labute approximate surface area is 136 Å². The highest BCUT2D eigenvalue weighted by molar-refractivity contribution is 5.89. The van der Waals surface area contributed by atoms with Crippen LogP contribution < -0.4 is 10.2 Å². The van der Waals surface area contributed by atoms with Gasteiger partial charge in [-0.15, -0.1) is 0 Å². The lowest BCUT2D eigenvalue weighted by Crippen LogP contribution is -2.34. The summed E-state index contributed by atoms with van der Waals surface area (Å²) in [7, 11) is 4.06. The summed E-state index contributed by atoms with van der Waals surface area (Å²) in [5.74, 6) is 0. The van der Waals surface area contributed by atoms with Gasteiger partial charge in [0.1, 0.15) is 0 Å². The van der Waals surface area contributed by atoms with E-state index in [1.807, 2.05) is 31.1 Å². The summed E-state index contributed by atoms with van der Waals surface area (Å²) in [6.45, 7) is 0.781. The summed E-state index contributed by atoms with van der Waals surface area (Å²) in [6.07, 6.45) is 5.38. The molecule has 1 aliphatic heterocycles. The second kappa shape index (κ2) is 6.69. The van der Waals surface area contributed by atoms with Crippen molar-refractivity contribution in [1.29, 1.82) is 0 Å². The van der Waals surface area contributed by atoms with E-state index in [0.29, 0.717) is 0 Å². The molecule has 5 nitrogen and oxygen atoms in total. The number of urea groups is 1. The minimum absolute atomic E-state index is 0.0595. The van der Waals surface area contributed by atoms with E-state index in [9.17, 15) is 4.79 Å². The monoisotopic (exact) mass is 310 g/mol. The molecular weight excluding hydrogens is 288 g/mol. The van der Waals surface area contributed by atoms with Crippen molar-refractivity contribution in [2.45, 2.75) is 18.9 Å². The number of hydrogen-bond donors (Lipinski definition) is 1. The predicted octanol–water partition coefficient (Wildman–Crippen LogP) is 3.52. The fourth-order valence-corrected chi connectivity index (χ4v) is 3.00. The molecule has 0 bridgehead atoms. The number of nitrogens with one attached hydrogen (secondary N) is 1. The zero-order chi connectivity index (χ0) is 16.2. The minimum atomic E-state index is -0.0595. The molecule has 0 aliphatic carbocycles. The number of carbonyl (C=O) groups is 1. The van der Waals surface area contributed by atoms with Gasteiger partial charge in [-0.25, -0.2) is 4.79 Å². The van der Waals surface area contributed by atoms with Crippen molar-refractivity contribution in [3.05, 3.63) is 54.4 Å². The van der Waals surface area contributed by atoms with Gasteiger partial charge in [-0.2, -0.15) is 0 Å². The first-order valence-corrected chi connectivity index (χ1v) is 7.90. The van der Waals surface area contributed by atoms with Gasteiger partial charge in [0.05, 0.1) is 17.9 Å². The molecule has 1 aromatic heterocycles. The van der Waals surface area contributed by atoms with Crippen molar-refractivity contribution in [2.75, 3.05) is 30.9 Å². The van der Waals surface area contributed by atoms with Gasteiger partial charge in [-0.05, 0) is 42.7 Å². The third kappa shape index (κ3) is 3.44. The normalized spacial score (nSPS) is 17.1. The lowest BCUT2D eigenvalue weighted by atomic mass is 10.0. The molecule has 1 fully saturated rings. The first kappa shape index (κ1) is 15.3. The van der Waals surface area contributed by atoms with Crippen LogP contribution in [0.4, 0.5) is 16.2 Å². The SMILES string of the molecule is CN(C)c1cccc([C@H]2CCCN2C(=O)Nc2cccnc2)c1. The van der Waals surface area contributed by atoms with Gasteiger partial charge < -0.3 is 15.1 Å². The maximum Gasteiger partial charge on any atom is 0.322 e. The summed E-state index contributed by atoms with van der Waals surface area (Å²) < 4.78 is 0. The Balaban J connectivity index is 1.77. The first-order valence-electron chi connectivity index (χ1n) is 7.90. The topological polar surface area (TPSA) is 48.5 Å².